The van der Waals surface area contributed by atoms with Gasteiger partial charge in [-0.05, 0) is 114 Å². The number of H-pyrrole nitrogens is 3. The van der Waals surface area contributed by atoms with Crippen LogP contribution in [-0.2, 0) is 12.4 Å². The summed E-state index contributed by atoms with van der Waals surface area (Å²) >= 11 is 0. The Balaban J connectivity index is 0.000000143. The number of rotatable bonds is 9. The fourth-order valence-electron chi connectivity index (χ4n) is 8.65. The van der Waals surface area contributed by atoms with Gasteiger partial charge in [-0.2, -0.15) is 41.6 Å². The number of anilines is 6. The van der Waals surface area contributed by atoms with E-state index < -0.39 is 58.9 Å². The van der Waals surface area contributed by atoms with Crippen LogP contribution in [0.5, 0.6) is 0 Å². The summed E-state index contributed by atoms with van der Waals surface area (Å²) in [5.41, 5.74) is 7.80. The highest BCUT2D eigenvalue weighted by Gasteiger charge is 2.32. The van der Waals surface area contributed by atoms with Crippen molar-refractivity contribution in [1.29, 1.82) is 0 Å². The Morgan fingerprint density at radius 2 is 0.744 bits per heavy atom. The number of amides is 6. The number of hydrogen-bond acceptors (Lipinski definition) is 9. The Morgan fingerprint density at radius 1 is 0.384 bits per heavy atom. The quantitative estimate of drug-likeness (QED) is 0.0623. The third-order valence-electron chi connectivity index (χ3n) is 12.8. The van der Waals surface area contributed by atoms with Gasteiger partial charge in [0.25, 0.3) is 0 Å². The maximum atomic E-state index is 13.8. The second-order valence-corrected chi connectivity index (χ2v) is 18.8. The van der Waals surface area contributed by atoms with E-state index in [1.54, 1.807) is 116 Å². The third kappa shape index (κ3) is 14.0. The molecule has 0 aliphatic rings. The second kappa shape index (κ2) is 24.9. The van der Waals surface area contributed by atoms with Gasteiger partial charge in [-0.3, -0.25) is 30.2 Å². The highest BCUT2D eigenvalue weighted by molar-refractivity contribution is 6.03. The van der Waals surface area contributed by atoms with E-state index in [9.17, 15) is 49.5 Å². The molecule has 0 aliphatic carbocycles. The Bertz CT molecular complexity index is 4400. The Morgan fingerprint density at radius 3 is 1.15 bits per heavy atom. The average Bonchev–Trinajstić information content (AvgIpc) is 2.93. The molecule has 0 unspecified atom stereocenters. The number of alkyl halides is 6. The van der Waals surface area contributed by atoms with Crippen molar-refractivity contribution >= 4 is 84.9 Å². The molecule has 0 fully saturated rings. The van der Waals surface area contributed by atoms with Crippen LogP contribution in [0, 0.1) is 18.6 Å². The number of nitrogens with zero attached hydrogens (tertiary/aromatic N) is 6. The number of aromatic nitrogens is 9. The minimum Gasteiger partial charge on any atom is -0.308 e. The fraction of sp³-hybridized carbons (Fsp3) is 0.0500. The molecule has 0 radical (unpaired) electrons. The number of pyridine rings is 3. The summed E-state index contributed by atoms with van der Waals surface area (Å²) < 4.78 is 104. The van der Waals surface area contributed by atoms with E-state index in [2.05, 4.69) is 77.4 Å². The first-order valence-electron chi connectivity index (χ1n) is 25.5. The SMILES string of the molecule is Cc1ccc(F)c(NC(=O)Nc2ccc(-c3cncc4[nH]ncc34)cc2)c1.O=C(Nc1ccc(-c2cncc3[nH]ncc23)cc1)Nc1cc(C(F)(F)F)ccc1F.O=C(Nc1ccc(-c2cncc3[nH]ncc23)cc1)Nc1cccc(C(F)(F)F)c1. The molecule has 0 atom stereocenters. The summed E-state index contributed by atoms with van der Waals surface area (Å²) in [6.07, 6.45) is 6.24. The molecular weight excluding hydrogens is 1130 g/mol. The van der Waals surface area contributed by atoms with Gasteiger partial charge in [-0.15, -0.1) is 0 Å². The maximum Gasteiger partial charge on any atom is 0.416 e. The highest BCUT2D eigenvalue weighted by Crippen LogP contribution is 2.34. The van der Waals surface area contributed by atoms with Crippen LogP contribution in [0.4, 0.5) is 83.6 Å². The molecule has 12 aromatic rings. The van der Waals surface area contributed by atoms with Crippen molar-refractivity contribution < 1.29 is 49.5 Å². The highest BCUT2D eigenvalue weighted by atomic mass is 19.4. The van der Waals surface area contributed by atoms with E-state index in [0.717, 1.165) is 83.8 Å². The first-order valence-corrected chi connectivity index (χ1v) is 25.5. The molecule has 432 valence electrons. The lowest BCUT2D eigenvalue weighted by Gasteiger charge is -2.12. The largest absolute Gasteiger partial charge is 0.416 e. The van der Waals surface area contributed by atoms with Crippen LogP contribution in [-0.4, -0.2) is 63.6 Å². The molecule has 0 bridgehead atoms. The van der Waals surface area contributed by atoms with Crippen LogP contribution < -0.4 is 31.9 Å². The molecule has 18 nitrogen and oxygen atoms in total. The van der Waals surface area contributed by atoms with E-state index in [0.29, 0.717) is 35.3 Å². The van der Waals surface area contributed by atoms with Crippen molar-refractivity contribution in [3.63, 3.8) is 0 Å². The lowest BCUT2D eigenvalue weighted by Crippen LogP contribution is -2.20. The zero-order valence-electron chi connectivity index (χ0n) is 44.3. The summed E-state index contributed by atoms with van der Waals surface area (Å²) in [5.74, 6) is -1.46. The van der Waals surface area contributed by atoms with Gasteiger partial charge in [0.15, 0.2) is 0 Å². The van der Waals surface area contributed by atoms with Crippen LogP contribution in [0.15, 0.2) is 189 Å². The van der Waals surface area contributed by atoms with Crippen LogP contribution >= 0.6 is 0 Å². The summed E-state index contributed by atoms with van der Waals surface area (Å²) in [6, 6.07) is 29.8. The predicted octanol–water partition coefficient (Wildman–Crippen LogP) is 15.4. The number of hydrogen-bond donors (Lipinski definition) is 9. The molecule has 6 aromatic carbocycles. The third-order valence-corrected chi connectivity index (χ3v) is 12.8. The molecule has 26 heteroatoms. The van der Waals surface area contributed by atoms with Crippen molar-refractivity contribution in [3.05, 3.63) is 218 Å². The summed E-state index contributed by atoms with van der Waals surface area (Å²) in [5, 5.41) is 38.1. The minimum absolute atomic E-state index is 0.0478. The van der Waals surface area contributed by atoms with Gasteiger partial charge in [0, 0.05) is 74.2 Å². The molecule has 6 amide bonds. The smallest absolute Gasteiger partial charge is 0.308 e. The number of aryl methyl sites for hydroxylation is 1. The molecule has 9 N–H and O–H groups in total. The normalized spacial score (nSPS) is 11.2. The standard InChI is InChI=1S/C20H13F4N5O.C20H14F3N5O.C20H16FN5O/c21-16-6-3-12(20(22,23)24)7-17(16)28-19(30)27-13-4-1-11(2-5-13)14-8-25-10-18-15(14)9-26-29-18;21-20(22,23)13-2-1-3-15(8-13)27-19(29)26-14-6-4-12(5-7-14)16-9-24-11-18-17(16)10-25-28-18;1-12-2-7-17(21)18(8-12)25-20(27)24-14-5-3-13(4-6-14)15-9-22-11-19-16(15)10-23-26-19/h1-10H,(H,26,29)(H2,27,28,30);1-11H,(H,25,28)(H2,26,27,29);2-11H,1H3,(H,23,26)(H2,24,25,27). The van der Waals surface area contributed by atoms with Gasteiger partial charge in [-0.25, -0.2) is 23.2 Å². The van der Waals surface area contributed by atoms with E-state index in [-0.39, 0.29) is 11.4 Å². The van der Waals surface area contributed by atoms with Gasteiger partial charge in [0.1, 0.15) is 11.6 Å². The van der Waals surface area contributed by atoms with E-state index >= 15 is 0 Å². The minimum atomic E-state index is -4.65. The van der Waals surface area contributed by atoms with Crippen LogP contribution in [0.1, 0.15) is 16.7 Å². The van der Waals surface area contributed by atoms with Crippen LogP contribution in [0.3, 0.4) is 0 Å². The van der Waals surface area contributed by atoms with Crippen molar-refractivity contribution in [2.24, 2.45) is 0 Å². The predicted molar refractivity (Wildman–Crippen MR) is 310 cm³/mol. The second-order valence-electron chi connectivity index (χ2n) is 18.8. The zero-order chi connectivity index (χ0) is 60.5. The molecule has 0 aliphatic heterocycles. The molecular formula is C60H43F8N15O3. The first kappa shape index (κ1) is 57.7. The van der Waals surface area contributed by atoms with E-state index in [1.807, 2.05) is 31.2 Å². The monoisotopic (exact) mass is 1170 g/mol. The van der Waals surface area contributed by atoms with Gasteiger partial charge in [0.05, 0.1) is 76.2 Å². The number of aromatic amines is 3. The van der Waals surface area contributed by atoms with Crippen molar-refractivity contribution in [2.45, 2.75) is 19.3 Å². The number of carbonyl (C=O) groups excluding carboxylic acids is 3. The summed E-state index contributed by atoms with van der Waals surface area (Å²) in [7, 11) is 0. The molecule has 6 heterocycles. The average molecular weight is 1170 g/mol. The van der Waals surface area contributed by atoms with Gasteiger partial charge >= 0.3 is 30.4 Å². The van der Waals surface area contributed by atoms with Gasteiger partial charge in [0.2, 0.25) is 0 Å². The van der Waals surface area contributed by atoms with Crippen LogP contribution in [0.2, 0.25) is 0 Å². The number of urea groups is 3. The fourth-order valence-corrected chi connectivity index (χ4v) is 8.65. The topological polar surface area (TPSA) is 248 Å². The summed E-state index contributed by atoms with van der Waals surface area (Å²) in [4.78, 5) is 48.9. The number of nitrogens with one attached hydrogen (secondary N) is 9. The van der Waals surface area contributed by atoms with E-state index in [4.69, 9.17) is 0 Å². The lowest BCUT2D eigenvalue weighted by atomic mass is 10.0. The molecule has 0 saturated heterocycles. The van der Waals surface area contributed by atoms with E-state index in [1.165, 1.54) is 18.2 Å². The lowest BCUT2D eigenvalue weighted by molar-refractivity contribution is -0.138. The number of halogens is 8. The van der Waals surface area contributed by atoms with Gasteiger partial charge in [-0.1, -0.05) is 48.5 Å². The Hall–Kier alpha value is -11.6. The van der Waals surface area contributed by atoms with Crippen molar-refractivity contribution in [1.82, 2.24) is 45.5 Å². The summed E-state index contributed by atoms with van der Waals surface area (Å²) in [6.45, 7) is 1.83. The number of fused-ring (bicyclic) bond motifs is 3. The Labute approximate surface area is 480 Å². The Kier molecular flexibility index (Phi) is 16.7. The first-order chi connectivity index (χ1) is 41.3. The van der Waals surface area contributed by atoms with Crippen molar-refractivity contribution in [2.75, 3.05) is 31.9 Å². The zero-order valence-corrected chi connectivity index (χ0v) is 44.3. The molecule has 0 saturated carbocycles. The number of benzene rings is 6. The maximum absolute atomic E-state index is 13.8. The van der Waals surface area contributed by atoms with Crippen molar-refractivity contribution in [3.8, 4) is 33.4 Å². The molecule has 12 rings (SSSR count). The van der Waals surface area contributed by atoms with Gasteiger partial charge < -0.3 is 31.9 Å². The molecule has 86 heavy (non-hydrogen) atoms. The number of carbonyl (C=O) groups is 3. The van der Waals surface area contributed by atoms with Crippen LogP contribution in [0.25, 0.3) is 66.1 Å². The molecule has 0 spiro atoms. The molecule has 6 aromatic heterocycles.